The van der Waals surface area contributed by atoms with Crippen molar-refractivity contribution in [3.05, 3.63) is 69.4 Å². The van der Waals surface area contributed by atoms with Gasteiger partial charge in [0.15, 0.2) is 17.3 Å². The molecule has 3 aromatic rings. The summed E-state index contributed by atoms with van der Waals surface area (Å²) in [6.07, 6.45) is 0. The Morgan fingerprint density at radius 3 is 2.67 bits per heavy atom. The van der Waals surface area contributed by atoms with Crippen molar-refractivity contribution in [2.24, 2.45) is 0 Å². The van der Waals surface area contributed by atoms with Crippen molar-refractivity contribution in [2.45, 2.75) is 30.8 Å². The van der Waals surface area contributed by atoms with E-state index in [1.54, 1.807) is 25.1 Å². The van der Waals surface area contributed by atoms with E-state index in [9.17, 15) is 23.7 Å². The van der Waals surface area contributed by atoms with Gasteiger partial charge in [0.2, 0.25) is 5.89 Å². The first-order chi connectivity index (χ1) is 15.8. The highest BCUT2D eigenvalue weighted by atomic mass is 32.2. The fourth-order valence-corrected chi connectivity index (χ4v) is 3.62. The molecular weight excluding hydrogens is 464 g/mol. The van der Waals surface area contributed by atoms with Crippen LogP contribution in [-0.4, -0.2) is 34.8 Å². The van der Waals surface area contributed by atoms with Gasteiger partial charge >= 0.3 is 12.6 Å². The number of nitro groups is 1. The Balaban J connectivity index is 1.77. The molecule has 0 N–H and O–H groups in total. The number of thioether (sulfide) groups is 1. The highest BCUT2D eigenvalue weighted by Gasteiger charge is 2.23. The fraction of sp³-hybridized carbons (Fsp3) is 0.250. The second-order valence-corrected chi connectivity index (χ2v) is 7.38. The van der Waals surface area contributed by atoms with Crippen LogP contribution < -0.4 is 9.47 Å². The van der Waals surface area contributed by atoms with Crippen LogP contribution in [0.5, 0.6) is 11.5 Å². The maximum Gasteiger partial charge on any atom is 0.387 e. The van der Waals surface area contributed by atoms with Crippen LogP contribution in [0.2, 0.25) is 0 Å². The summed E-state index contributed by atoms with van der Waals surface area (Å²) in [6.45, 7) is -2.02. The van der Waals surface area contributed by atoms with Crippen molar-refractivity contribution in [1.29, 1.82) is 0 Å². The van der Waals surface area contributed by atoms with Crippen LogP contribution in [-0.2, 0) is 17.1 Å². The minimum atomic E-state index is -3.20. The largest absolute Gasteiger partial charge is 0.493 e. The third kappa shape index (κ3) is 6.16. The molecule has 0 amide bonds. The second-order valence-electron chi connectivity index (χ2n) is 6.36. The first kappa shape index (κ1) is 23.9. The van der Waals surface area contributed by atoms with Crippen molar-refractivity contribution >= 4 is 23.4 Å². The number of halogens is 2. The van der Waals surface area contributed by atoms with E-state index in [1.807, 2.05) is 0 Å². The van der Waals surface area contributed by atoms with Gasteiger partial charge in [-0.1, -0.05) is 17.3 Å². The molecule has 0 spiro atoms. The van der Waals surface area contributed by atoms with E-state index in [-0.39, 0.29) is 16.9 Å². The summed E-state index contributed by atoms with van der Waals surface area (Å²) < 4.78 is 44.7. The predicted octanol–water partition coefficient (Wildman–Crippen LogP) is 4.55. The van der Waals surface area contributed by atoms with Crippen LogP contribution in [0.3, 0.4) is 0 Å². The molecule has 0 unspecified atom stereocenters. The molecule has 0 aliphatic rings. The highest BCUT2D eigenvalue weighted by Crippen LogP contribution is 2.36. The third-order valence-electron chi connectivity index (χ3n) is 4.16. The Labute approximate surface area is 190 Å². The Bertz CT molecular complexity index is 1160. The van der Waals surface area contributed by atoms with Crippen LogP contribution in [0.1, 0.15) is 27.6 Å². The van der Waals surface area contributed by atoms with Gasteiger partial charge in [0.25, 0.3) is 5.69 Å². The number of benzene rings is 2. The molecule has 10 nitrogen and oxygen atoms in total. The SMILES string of the molecule is COc1cc(COC(=O)c2ccccc2SCc2nc(C)no2)c([N+](=O)[O-])cc1OC(F)F. The Morgan fingerprint density at radius 2 is 2.03 bits per heavy atom. The van der Waals surface area contributed by atoms with Gasteiger partial charge < -0.3 is 18.7 Å². The molecule has 0 aliphatic heterocycles. The quantitative estimate of drug-likeness (QED) is 0.176. The number of carbonyl (C=O) groups excluding carboxylic acids is 1. The number of methoxy groups -OCH3 is 1. The van der Waals surface area contributed by atoms with Crippen molar-refractivity contribution in [3.8, 4) is 11.5 Å². The van der Waals surface area contributed by atoms with Gasteiger partial charge in [-0.15, -0.1) is 11.8 Å². The highest BCUT2D eigenvalue weighted by molar-refractivity contribution is 7.98. The molecule has 174 valence electrons. The molecule has 1 heterocycles. The molecule has 0 bridgehead atoms. The Hall–Kier alpha value is -3.74. The zero-order chi connectivity index (χ0) is 24.0. The number of nitro benzene ring substituents is 1. The normalized spacial score (nSPS) is 10.8. The lowest BCUT2D eigenvalue weighted by molar-refractivity contribution is -0.386. The van der Waals surface area contributed by atoms with E-state index in [4.69, 9.17) is 14.0 Å². The number of hydrogen-bond donors (Lipinski definition) is 0. The zero-order valence-corrected chi connectivity index (χ0v) is 18.1. The second kappa shape index (κ2) is 10.7. The van der Waals surface area contributed by atoms with Gasteiger partial charge in [-0.3, -0.25) is 10.1 Å². The molecule has 2 aromatic carbocycles. The third-order valence-corrected chi connectivity index (χ3v) is 5.22. The van der Waals surface area contributed by atoms with Gasteiger partial charge in [0.1, 0.15) is 6.61 Å². The number of carbonyl (C=O) groups is 1. The van der Waals surface area contributed by atoms with Gasteiger partial charge in [0, 0.05) is 4.90 Å². The summed E-state index contributed by atoms with van der Waals surface area (Å²) in [7, 11) is 1.19. The van der Waals surface area contributed by atoms with Crippen LogP contribution >= 0.6 is 11.8 Å². The van der Waals surface area contributed by atoms with Gasteiger partial charge in [-0.2, -0.15) is 13.8 Å². The first-order valence-electron chi connectivity index (χ1n) is 9.26. The summed E-state index contributed by atoms with van der Waals surface area (Å²) in [6, 6.07) is 8.52. The zero-order valence-electron chi connectivity index (χ0n) is 17.3. The van der Waals surface area contributed by atoms with E-state index in [0.717, 1.165) is 12.1 Å². The lowest BCUT2D eigenvalue weighted by Gasteiger charge is -2.13. The molecule has 0 fully saturated rings. The van der Waals surface area contributed by atoms with Gasteiger partial charge in [-0.25, -0.2) is 4.79 Å². The van der Waals surface area contributed by atoms with Crippen molar-refractivity contribution in [2.75, 3.05) is 7.11 Å². The fourth-order valence-electron chi connectivity index (χ4n) is 2.74. The molecule has 13 heteroatoms. The molecular formula is C20H17F2N3O7S. The summed E-state index contributed by atoms with van der Waals surface area (Å²) >= 11 is 1.27. The number of alkyl halides is 2. The summed E-state index contributed by atoms with van der Waals surface area (Å²) in [5.74, 6) is -0.222. The van der Waals surface area contributed by atoms with Crippen LogP contribution in [0.15, 0.2) is 45.8 Å². The maximum absolute atomic E-state index is 12.7. The average Bonchev–Trinajstić information content (AvgIpc) is 3.21. The molecule has 0 radical (unpaired) electrons. The summed E-state index contributed by atoms with van der Waals surface area (Å²) in [5.41, 5.74) is -0.391. The molecule has 0 atom stereocenters. The monoisotopic (exact) mass is 481 g/mol. The van der Waals surface area contributed by atoms with Gasteiger partial charge in [0.05, 0.1) is 35.0 Å². The lowest BCUT2D eigenvalue weighted by atomic mass is 10.1. The predicted molar refractivity (Wildman–Crippen MR) is 110 cm³/mol. The Kier molecular flexibility index (Phi) is 7.77. The van der Waals surface area contributed by atoms with Crippen molar-refractivity contribution < 1.29 is 37.2 Å². The Morgan fingerprint density at radius 1 is 1.27 bits per heavy atom. The number of aryl methyl sites for hydroxylation is 1. The molecule has 33 heavy (non-hydrogen) atoms. The minimum Gasteiger partial charge on any atom is -0.493 e. The maximum atomic E-state index is 12.7. The molecule has 1 aromatic heterocycles. The number of ether oxygens (including phenoxy) is 3. The number of hydrogen-bond acceptors (Lipinski definition) is 10. The van der Waals surface area contributed by atoms with Crippen LogP contribution in [0.4, 0.5) is 14.5 Å². The number of aromatic nitrogens is 2. The van der Waals surface area contributed by atoms with E-state index >= 15 is 0 Å². The smallest absolute Gasteiger partial charge is 0.387 e. The number of esters is 1. The minimum absolute atomic E-state index is 0.0571. The molecule has 0 aliphatic carbocycles. The number of rotatable bonds is 10. The van der Waals surface area contributed by atoms with E-state index in [0.29, 0.717) is 22.4 Å². The first-order valence-corrected chi connectivity index (χ1v) is 10.2. The molecule has 0 saturated carbocycles. The van der Waals surface area contributed by atoms with E-state index < -0.39 is 35.5 Å². The average molecular weight is 481 g/mol. The molecule has 0 saturated heterocycles. The van der Waals surface area contributed by atoms with E-state index in [2.05, 4.69) is 14.9 Å². The topological polar surface area (TPSA) is 127 Å². The van der Waals surface area contributed by atoms with Crippen molar-refractivity contribution in [1.82, 2.24) is 10.1 Å². The van der Waals surface area contributed by atoms with Crippen LogP contribution in [0, 0.1) is 17.0 Å². The number of nitrogens with zero attached hydrogens (tertiary/aromatic N) is 3. The van der Waals surface area contributed by atoms with Gasteiger partial charge in [-0.05, 0) is 25.1 Å². The summed E-state index contributed by atoms with van der Waals surface area (Å²) in [5, 5.41) is 15.1. The lowest BCUT2D eigenvalue weighted by Crippen LogP contribution is -2.09. The molecule has 3 rings (SSSR count). The van der Waals surface area contributed by atoms with Crippen LogP contribution in [0.25, 0.3) is 0 Å². The van der Waals surface area contributed by atoms with Crippen molar-refractivity contribution in [3.63, 3.8) is 0 Å². The summed E-state index contributed by atoms with van der Waals surface area (Å²) in [4.78, 5) is 28.0. The standard InChI is InChI=1S/C20H17F2N3O7S/c1-11-23-18(32-24-11)10-33-17-6-4-3-5-13(17)19(26)30-9-12-7-15(29-2)16(31-20(21)22)8-14(12)25(27)28/h3-8,20H,9-10H2,1-2H3. The van der Waals surface area contributed by atoms with E-state index in [1.165, 1.54) is 24.9 Å².